The monoisotopic (exact) mass is 245 g/mol. The highest BCUT2D eigenvalue weighted by molar-refractivity contribution is 5.59. The first-order valence-electron chi connectivity index (χ1n) is 5.99. The molecule has 2 N–H and O–H groups in total. The van der Waals surface area contributed by atoms with Crippen molar-refractivity contribution in [2.45, 2.75) is 25.8 Å². The molecule has 0 amide bonds. The maximum Gasteiger partial charge on any atom is 0.132 e. The van der Waals surface area contributed by atoms with E-state index in [1.807, 2.05) is 6.92 Å². The highest BCUT2D eigenvalue weighted by Crippen LogP contribution is 2.20. The normalized spacial score (nSPS) is 12.4. The molecule has 0 fully saturated rings. The highest BCUT2D eigenvalue weighted by Gasteiger charge is 2.07. The van der Waals surface area contributed by atoms with Gasteiger partial charge in [-0.05, 0) is 31.5 Å². The topological polar surface area (TPSA) is 51.8 Å². The van der Waals surface area contributed by atoms with Gasteiger partial charge in [0.25, 0.3) is 0 Å². The second-order valence-electron chi connectivity index (χ2n) is 4.35. The average Bonchev–Trinajstić information content (AvgIpc) is 2.37. The number of nitrogens with two attached hydrogens (primary N) is 1. The van der Waals surface area contributed by atoms with Crippen LogP contribution < -0.4 is 5.73 Å². The smallest absolute Gasteiger partial charge is 0.132 e. The Bertz CT molecular complexity index is 526. The molecular weight excluding hydrogens is 229 g/mol. The van der Waals surface area contributed by atoms with Crippen molar-refractivity contribution in [2.24, 2.45) is 5.73 Å². The molecule has 0 aliphatic heterocycles. The van der Waals surface area contributed by atoms with E-state index >= 15 is 0 Å². The van der Waals surface area contributed by atoms with Crippen LogP contribution in [0.2, 0.25) is 0 Å². The van der Waals surface area contributed by atoms with Crippen molar-refractivity contribution in [2.75, 3.05) is 0 Å². The minimum atomic E-state index is -0.269. The van der Waals surface area contributed by atoms with Crippen LogP contribution in [0.1, 0.15) is 19.2 Å². The van der Waals surface area contributed by atoms with Crippen molar-refractivity contribution >= 4 is 0 Å². The Kier molecular flexibility index (Phi) is 3.99. The fourth-order valence-electron chi connectivity index (χ4n) is 1.70. The third kappa shape index (κ3) is 3.11. The van der Waals surface area contributed by atoms with Crippen LogP contribution in [0.25, 0.3) is 11.3 Å². The van der Waals surface area contributed by atoms with Crippen molar-refractivity contribution in [1.29, 1.82) is 0 Å². The summed E-state index contributed by atoms with van der Waals surface area (Å²) in [5, 5.41) is 0. The molecule has 0 aliphatic carbocycles. The molecule has 0 radical (unpaired) electrons. The van der Waals surface area contributed by atoms with Crippen LogP contribution in [0.15, 0.2) is 36.5 Å². The number of halogens is 1. The first-order chi connectivity index (χ1) is 8.66. The molecule has 1 unspecified atom stereocenters. The average molecular weight is 245 g/mol. The maximum atomic E-state index is 13.6. The van der Waals surface area contributed by atoms with Crippen LogP contribution in [0.5, 0.6) is 0 Å². The van der Waals surface area contributed by atoms with Crippen LogP contribution in [0.3, 0.4) is 0 Å². The Morgan fingerprint density at radius 3 is 2.78 bits per heavy atom. The van der Waals surface area contributed by atoms with Gasteiger partial charge in [0, 0.05) is 24.2 Å². The molecule has 1 heterocycles. The number of hydrogen-bond acceptors (Lipinski definition) is 3. The van der Waals surface area contributed by atoms with Crippen molar-refractivity contribution in [3.05, 3.63) is 48.2 Å². The quantitative estimate of drug-likeness (QED) is 0.900. The lowest BCUT2D eigenvalue weighted by Crippen LogP contribution is -2.16. The predicted octanol–water partition coefficient (Wildman–Crippen LogP) is 2.56. The molecule has 1 atom stereocenters. The number of nitrogens with zero attached hydrogens (tertiary/aromatic N) is 2. The van der Waals surface area contributed by atoms with Crippen LogP contribution in [0, 0.1) is 5.82 Å². The summed E-state index contributed by atoms with van der Waals surface area (Å²) in [7, 11) is 0. The first-order valence-corrected chi connectivity index (χ1v) is 5.99. The van der Waals surface area contributed by atoms with E-state index < -0.39 is 0 Å². The SMILES string of the molecule is CC(N)CCc1nccc(-c2ccccc2F)n1. The molecule has 4 heteroatoms. The van der Waals surface area contributed by atoms with Gasteiger partial charge in [0.05, 0.1) is 5.69 Å². The summed E-state index contributed by atoms with van der Waals surface area (Å²) < 4.78 is 13.6. The van der Waals surface area contributed by atoms with Gasteiger partial charge < -0.3 is 5.73 Å². The van der Waals surface area contributed by atoms with Crippen molar-refractivity contribution in [3.63, 3.8) is 0 Å². The second kappa shape index (κ2) is 5.69. The maximum absolute atomic E-state index is 13.6. The largest absolute Gasteiger partial charge is 0.328 e. The molecular formula is C14H16FN3. The number of benzene rings is 1. The van der Waals surface area contributed by atoms with Gasteiger partial charge in [0.2, 0.25) is 0 Å². The van der Waals surface area contributed by atoms with E-state index in [9.17, 15) is 4.39 Å². The summed E-state index contributed by atoms with van der Waals surface area (Å²) >= 11 is 0. The van der Waals surface area contributed by atoms with Crippen LogP contribution >= 0.6 is 0 Å². The Morgan fingerprint density at radius 2 is 2.06 bits per heavy atom. The van der Waals surface area contributed by atoms with Gasteiger partial charge in [-0.2, -0.15) is 0 Å². The Hall–Kier alpha value is -1.81. The van der Waals surface area contributed by atoms with Crippen molar-refractivity contribution < 1.29 is 4.39 Å². The zero-order valence-corrected chi connectivity index (χ0v) is 10.3. The van der Waals surface area contributed by atoms with Gasteiger partial charge in [0.15, 0.2) is 0 Å². The number of aromatic nitrogens is 2. The van der Waals surface area contributed by atoms with Crippen molar-refractivity contribution in [3.8, 4) is 11.3 Å². The molecule has 0 saturated heterocycles. The Balaban J connectivity index is 2.25. The zero-order chi connectivity index (χ0) is 13.0. The lowest BCUT2D eigenvalue weighted by atomic mass is 10.1. The molecule has 0 saturated carbocycles. The molecule has 3 nitrogen and oxygen atoms in total. The minimum absolute atomic E-state index is 0.116. The standard InChI is InChI=1S/C14H16FN3/c1-10(16)6-7-14-17-9-8-13(18-14)11-4-2-3-5-12(11)15/h2-5,8-10H,6-7,16H2,1H3. The minimum Gasteiger partial charge on any atom is -0.328 e. The fraction of sp³-hybridized carbons (Fsp3) is 0.286. The van der Waals surface area contributed by atoms with E-state index in [2.05, 4.69) is 9.97 Å². The molecule has 0 spiro atoms. The lowest BCUT2D eigenvalue weighted by molar-refractivity contribution is 0.629. The van der Waals surface area contributed by atoms with Gasteiger partial charge in [-0.1, -0.05) is 12.1 Å². The van der Waals surface area contributed by atoms with Gasteiger partial charge in [0.1, 0.15) is 11.6 Å². The van der Waals surface area contributed by atoms with Gasteiger partial charge in [-0.15, -0.1) is 0 Å². The van der Waals surface area contributed by atoms with Gasteiger partial charge in [-0.25, -0.2) is 14.4 Å². The molecule has 0 aliphatic rings. The number of aryl methyl sites for hydroxylation is 1. The molecule has 1 aromatic heterocycles. The van der Waals surface area contributed by atoms with Crippen LogP contribution in [-0.2, 0) is 6.42 Å². The predicted molar refractivity (Wildman–Crippen MR) is 69.4 cm³/mol. The number of hydrogen-bond donors (Lipinski definition) is 1. The first kappa shape index (κ1) is 12.6. The summed E-state index contributed by atoms with van der Waals surface area (Å²) in [4.78, 5) is 8.55. The van der Waals surface area contributed by atoms with E-state index in [1.54, 1.807) is 30.5 Å². The molecule has 18 heavy (non-hydrogen) atoms. The van der Waals surface area contributed by atoms with E-state index in [0.717, 1.165) is 6.42 Å². The molecule has 2 aromatic rings. The Labute approximate surface area is 106 Å². The summed E-state index contributed by atoms with van der Waals surface area (Å²) in [5.74, 6) is 0.433. The lowest BCUT2D eigenvalue weighted by Gasteiger charge is -2.06. The van der Waals surface area contributed by atoms with E-state index in [1.165, 1.54) is 6.07 Å². The number of rotatable bonds is 4. The third-order valence-corrected chi connectivity index (χ3v) is 2.68. The molecule has 94 valence electrons. The molecule has 0 bridgehead atoms. The molecule has 2 rings (SSSR count). The van der Waals surface area contributed by atoms with Gasteiger partial charge in [-0.3, -0.25) is 0 Å². The summed E-state index contributed by atoms with van der Waals surface area (Å²) in [5.41, 5.74) is 6.81. The van der Waals surface area contributed by atoms with E-state index in [4.69, 9.17) is 5.73 Å². The fourth-order valence-corrected chi connectivity index (χ4v) is 1.70. The summed E-state index contributed by atoms with van der Waals surface area (Å²) in [6.07, 6.45) is 3.19. The second-order valence-corrected chi connectivity index (χ2v) is 4.35. The van der Waals surface area contributed by atoms with Gasteiger partial charge >= 0.3 is 0 Å². The third-order valence-electron chi connectivity index (χ3n) is 2.68. The van der Waals surface area contributed by atoms with Crippen molar-refractivity contribution in [1.82, 2.24) is 9.97 Å². The van der Waals surface area contributed by atoms with E-state index in [0.29, 0.717) is 23.5 Å². The zero-order valence-electron chi connectivity index (χ0n) is 10.3. The molecule has 1 aromatic carbocycles. The summed E-state index contributed by atoms with van der Waals surface area (Å²) in [6.45, 7) is 1.95. The Morgan fingerprint density at radius 1 is 1.28 bits per heavy atom. The van der Waals surface area contributed by atoms with Crippen LogP contribution in [0.4, 0.5) is 4.39 Å². The highest BCUT2D eigenvalue weighted by atomic mass is 19.1. The van der Waals surface area contributed by atoms with Crippen LogP contribution in [-0.4, -0.2) is 16.0 Å². The van der Waals surface area contributed by atoms with E-state index in [-0.39, 0.29) is 11.9 Å². The summed E-state index contributed by atoms with van der Waals surface area (Å²) in [6, 6.07) is 8.43.